The zero-order chi connectivity index (χ0) is 17.6. The third-order valence-corrected chi connectivity index (χ3v) is 5.24. The van der Waals surface area contributed by atoms with Crippen LogP contribution in [-0.4, -0.2) is 6.61 Å². The van der Waals surface area contributed by atoms with Gasteiger partial charge in [0.2, 0.25) is 0 Å². The van der Waals surface area contributed by atoms with Gasteiger partial charge in [-0.2, -0.15) is 0 Å². The first-order valence-electron chi connectivity index (χ1n) is 10.3. The minimum atomic E-state index is 0.754. The second-order valence-electron chi connectivity index (χ2n) is 7.63. The van der Waals surface area contributed by atoms with E-state index in [0.717, 1.165) is 31.0 Å². The van der Waals surface area contributed by atoms with E-state index in [1.165, 1.54) is 56.9 Å². The van der Waals surface area contributed by atoms with E-state index in [0.29, 0.717) is 0 Å². The van der Waals surface area contributed by atoms with Gasteiger partial charge in [-0.15, -0.1) is 0 Å². The van der Waals surface area contributed by atoms with E-state index in [9.17, 15) is 0 Å². The van der Waals surface area contributed by atoms with Gasteiger partial charge < -0.3 is 4.74 Å². The largest absolute Gasteiger partial charge is 0.377 e. The van der Waals surface area contributed by atoms with Crippen LogP contribution in [0, 0.1) is 17.8 Å². The van der Waals surface area contributed by atoms with Gasteiger partial charge in [-0.25, -0.2) is 0 Å². The molecule has 2 atom stereocenters. The number of unbranched alkanes of at least 4 members (excludes halogenated alkanes) is 2. The van der Waals surface area contributed by atoms with E-state index >= 15 is 0 Å². The molecule has 138 valence electrons. The Bertz CT molecular complexity index is 384. The predicted molar refractivity (Wildman–Crippen MR) is 106 cm³/mol. The summed E-state index contributed by atoms with van der Waals surface area (Å²) < 4.78 is 5.83. The summed E-state index contributed by atoms with van der Waals surface area (Å²) in [7, 11) is 0. The first kappa shape index (κ1) is 21.2. The van der Waals surface area contributed by atoms with E-state index < -0.39 is 0 Å². The molecule has 0 saturated carbocycles. The van der Waals surface area contributed by atoms with Crippen LogP contribution in [0.2, 0.25) is 0 Å². The molecule has 1 nitrogen and oxygen atoms in total. The fourth-order valence-electron chi connectivity index (χ4n) is 3.87. The van der Waals surface area contributed by atoms with Gasteiger partial charge in [-0.1, -0.05) is 96.6 Å². The molecule has 1 rings (SSSR count). The topological polar surface area (TPSA) is 9.23 Å². The Morgan fingerprint density at radius 3 is 2.21 bits per heavy atom. The van der Waals surface area contributed by atoms with Crippen LogP contribution in [-0.2, 0) is 11.3 Å². The van der Waals surface area contributed by atoms with Crippen molar-refractivity contribution in [3.05, 3.63) is 35.9 Å². The highest BCUT2D eigenvalue weighted by molar-refractivity contribution is 5.13. The molecular formula is C23H40O. The maximum Gasteiger partial charge on any atom is 0.0716 e. The summed E-state index contributed by atoms with van der Waals surface area (Å²) in [4.78, 5) is 0. The Labute approximate surface area is 151 Å². The molecule has 24 heavy (non-hydrogen) atoms. The minimum absolute atomic E-state index is 0.754. The summed E-state index contributed by atoms with van der Waals surface area (Å²) in [6.45, 7) is 11.2. The molecule has 0 aliphatic rings. The average molecular weight is 333 g/mol. The normalized spacial score (nSPS) is 14.0. The maximum absolute atomic E-state index is 5.83. The van der Waals surface area contributed by atoms with Gasteiger partial charge >= 0.3 is 0 Å². The van der Waals surface area contributed by atoms with E-state index in [2.05, 4.69) is 58.0 Å². The Morgan fingerprint density at radius 2 is 1.58 bits per heavy atom. The summed E-state index contributed by atoms with van der Waals surface area (Å²) in [5.74, 6) is 2.65. The van der Waals surface area contributed by atoms with Crippen LogP contribution in [0.3, 0.4) is 0 Å². The molecule has 0 aromatic heterocycles. The fourth-order valence-corrected chi connectivity index (χ4v) is 3.87. The van der Waals surface area contributed by atoms with Crippen molar-refractivity contribution in [3.63, 3.8) is 0 Å². The lowest BCUT2D eigenvalue weighted by Crippen LogP contribution is -2.20. The molecule has 0 fully saturated rings. The quantitative estimate of drug-likeness (QED) is 0.326. The third kappa shape index (κ3) is 8.87. The van der Waals surface area contributed by atoms with Crippen LogP contribution in [0.25, 0.3) is 0 Å². The Morgan fingerprint density at radius 1 is 0.833 bits per heavy atom. The molecule has 1 heteroatoms. The van der Waals surface area contributed by atoms with Crippen LogP contribution in [0.4, 0.5) is 0 Å². The van der Waals surface area contributed by atoms with Gasteiger partial charge in [0, 0.05) is 6.61 Å². The molecule has 0 spiro atoms. The first-order valence-corrected chi connectivity index (χ1v) is 10.3. The highest BCUT2D eigenvalue weighted by Gasteiger charge is 2.22. The minimum Gasteiger partial charge on any atom is -0.377 e. The molecule has 0 radical (unpaired) electrons. The maximum atomic E-state index is 5.83. The standard InChI is InChI=1S/C23H40O/c1-5-7-17-23(20(3)4)22(13-6-2)16-11-12-18-24-19-21-14-9-8-10-15-21/h8-10,14-15,20,22-23H,5-7,11-13,16-19H2,1-4H3. The third-order valence-electron chi connectivity index (χ3n) is 5.24. The molecule has 2 unspecified atom stereocenters. The summed E-state index contributed by atoms with van der Waals surface area (Å²) >= 11 is 0. The van der Waals surface area contributed by atoms with Crippen LogP contribution in [0.15, 0.2) is 30.3 Å². The van der Waals surface area contributed by atoms with Crippen molar-refractivity contribution in [1.29, 1.82) is 0 Å². The van der Waals surface area contributed by atoms with Crippen molar-refractivity contribution < 1.29 is 4.74 Å². The number of ether oxygens (including phenoxy) is 1. The second-order valence-corrected chi connectivity index (χ2v) is 7.63. The lowest BCUT2D eigenvalue weighted by Gasteiger charge is -2.30. The molecule has 0 heterocycles. The Hall–Kier alpha value is -0.820. The zero-order valence-electron chi connectivity index (χ0n) is 16.6. The Balaban J connectivity index is 2.26. The van der Waals surface area contributed by atoms with Crippen molar-refractivity contribution >= 4 is 0 Å². The van der Waals surface area contributed by atoms with E-state index in [1.807, 2.05) is 0 Å². The fraction of sp³-hybridized carbons (Fsp3) is 0.739. The first-order chi connectivity index (χ1) is 11.7. The van der Waals surface area contributed by atoms with Crippen molar-refractivity contribution in [1.82, 2.24) is 0 Å². The highest BCUT2D eigenvalue weighted by Crippen LogP contribution is 2.33. The van der Waals surface area contributed by atoms with Gasteiger partial charge in [-0.05, 0) is 36.2 Å². The smallest absolute Gasteiger partial charge is 0.0716 e. The average Bonchev–Trinajstić information content (AvgIpc) is 2.58. The van der Waals surface area contributed by atoms with Crippen molar-refractivity contribution in [2.24, 2.45) is 17.8 Å². The van der Waals surface area contributed by atoms with Crippen LogP contribution in [0.5, 0.6) is 0 Å². The molecule has 0 amide bonds. The van der Waals surface area contributed by atoms with Gasteiger partial charge in [-0.3, -0.25) is 0 Å². The highest BCUT2D eigenvalue weighted by atomic mass is 16.5. The van der Waals surface area contributed by atoms with Crippen molar-refractivity contribution in [2.45, 2.75) is 85.7 Å². The van der Waals surface area contributed by atoms with Crippen LogP contribution >= 0.6 is 0 Å². The number of hydrogen-bond donors (Lipinski definition) is 0. The monoisotopic (exact) mass is 332 g/mol. The van der Waals surface area contributed by atoms with Crippen LogP contribution < -0.4 is 0 Å². The van der Waals surface area contributed by atoms with Crippen molar-refractivity contribution in [2.75, 3.05) is 6.61 Å². The predicted octanol–water partition coefficient (Wildman–Crippen LogP) is 7.25. The summed E-state index contributed by atoms with van der Waals surface area (Å²) in [6, 6.07) is 10.5. The molecule has 1 aromatic carbocycles. The van der Waals surface area contributed by atoms with Gasteiger partial charge in [0.25, 0.3) is 0 Å². The number of benzene rings is 1. The SMILES string of the molecule is CCCCC(C(C)C)C(CCC)CCCCOCc1ccccc1. The molecule has 0 saturated heterocycles. The lowest BCUT2D eigenvalue weighted by molar-refractivity contribution is 0.113. The lowest BCUT2D eigenvalue weighted by atomic mass is 9.75. The summed E-state index contributed by atoms with van der Waals surface area (Å²) in [5, 5.41) is 0. The van der Waals surface area contributed by atoms with Gasteiger partial charge in [0.15, 0.2) is 0 Å². The van der Waals surface area contributed by atoms with E-state index in [4.69, 9.17) is 4.74 Å². The number of hydrogen-bond acceptors (Lipinski definition) is 1. The van der Waals surface area contributed by atoms with Gasteiger partial charge in [0.1, 0.15) is 0 Å². The van der Waals surface area contributed by atoms with Crippen LogP contribution in [0.1, 0.15) is 84.6 Å². The number of rotatable bonds is 14. The molecule has 0 bridgehead atoms. The molecular weight excluding hydrogens is 292 g/mol. The molecule has 0 aliphatic heterocycles. The summed E-state index contributed by atoms with van der Waals surface area (Å²) in [5.41, 5.74) is 1.28. The molecule has 0 aliphatic carbocycles. The Kier molecular flexibility index (Phi) is 11.9. The van der Waals surface area contributed by atoms with Gasteiger partial charge in [0.05, 0.1) is 6.61 Å². The second kappa shape index (κ2) is 13.5. The zero-order valence-corrected chi connectivity index (χ0v) is 16.6. The van der Waals surface area contributed by atoms with E-state index in [-0.39, 0.29) is 0 Å². The van der Waals surface area contributed by atoms with E-state index in [1.54, 1.807) is 0 Å². The van der Waals surface area contributed by atoms with Crippen molar-refractivity contribution in [3.8, 4) is 0 Å². The molecule has 1 aromatic rings. The summed E-state index contributed by atoms with van der Waals surface area (Å²) in [6.07, 6.45) is 10.8. The molecule has 0 N–H and O–H groups in total.